The van der Waals surface area contributed by atoms with Gasteiger partial charge in [0.1, 0.15) is 5.75 Å². The Labute approximate surface area is 121 Å². The van der Waals surface area contributed by atoms with Crippen LogP contribution in [0.4, 0.5) is 0 Å². The van der Waals surface area contributed by atoms with Crippen molar-refractivity contribution in [1.29, 1.82) is 0 Å². The van der Waals surface area contributed by atoms with Gasteiger partial charge in [-0.3, -0.25) is 0 Å². The maximum absolute atomic E-state index is 11.7. The van der Waals surface area contributed by atoms with E-state index >= 15 is 0 Å². The Morgan fingerprint density at radius 3 is 2.65 bits per heavy atom. The van der Waals surface area contributed by atoms with Gasteiger partial charge in [0.25, 0.3) is 0 Å². The van der Waals surface area contributed by atoms with E-state index in [9.17, 15) is 8.42 Å². The molecule has 1 rings (SSSR count). The van der Waals surface area contributed by atoms with Gasteiger partial charge in [0.05, 0.1) is 12.9 Å². The van der Waals surface area contributed by atoms with E-state index in [1.165, 1.54) is 0 Å². The molecule has 0 aliphatic carbocycles. The first-order chi connectivity index (χ1) is 9.59. The molecule has 0 aromatic heterocycles. The van der Waals surface area contributed by atoms with Gasteiger partial charge < -0.3 is 10.1 Å². The quantitative estimate of drug-likeness (QED) is 0.643. The number of rotatable bonds is 10. The number of hydrogen-bond donors (Lipinski definition) is 2. The van der Waals surface area contributed by atoms with Crippen molar-refractivity contribution < 1.29 is 13.2 Å². The van der Waals surface area contributed by atoms with Crippen LogP contribution in [0.5, 0.6) is 5.75 Å². The summed E-state index contributed by atoms with van der Waals surface area (Å²) < 4.78 is 31.2. The van der Waals surface area contributed by atoms with Gasteiger partial charge in [0.15, 0.2) is 0 Å². The zero-order valence-corrected chi connectivity index (χ0v) is 13.0. The van der Waals surface area contributed by atoms with Crippen LogP contribution in [0.25, 0.3) is 0 Å². The molecule has 0 fully saturated rings. The minimum Gasteiger partial charge on any atom is -0.496 e. The summed E-state index contributed by atoms with van der Waals surface area (Å²) in [5.41, 5.74) is 1.02. The Bertz CT molecular complexity index is 489. The van der Waals surface area contributed by atoms with Gasteiger partial charge in [-0.2, -0.15) is 0 Å². The number of hydrogen-bond acceptors (Lipinski definition) is 4. The molecule has 114 valence electrons. The Morgan fingerprint density at radius 2 is 1.95 bits per heavy atom. The van der Waals surface area contributed by atoms with Gasteiger partial charge >= 0.3 is 0 Å². The molecule has 5 nitrogen and oxygen atoms in total. The Morgan fingerprint density at radius 1 is 1.20 bits per heavy atom. The predicted octanol–water partition coefficient (Wildman–Crippen LogP) is 1.50. The zero-order valence-electron chi connectivity index (χ0n) is 12.2. The molecule has 0 spiro atoms. The van der Waals surface area contributed by atoms with Gasteiger partial charge in [0.2, 0.25) is 10.0 Å². The zero-order chi connectivity index (χ0) is 14.8. The Hall–Kier alpha value is -1.11. The van der Waals surface area contributed by atoms with Crippen LogP contribution in [-0.4, -0.2) is 34.4 Å². The number of nitrogens with one attached hydrogen (secondary N) is 2. The highest BCUT2D eigenvalue weighted by Crippen LogP contribution is 2.16. The van der Waals surface area contributed by atoms with E-state index in [-0.39, 0.29) is 5.75 Å². The molecule has 0 unspecified atom stereocenters. The van der Waals surface area contributed by atoms with Crippen molar-refractivity contribution in [2.24, 2.45) is 0 Å². The van der Waals surface area contributed by atoms with Crippen LogP contribution < -0.4 is 14.8 Å². The lowest BCUT2D eigenvalue weighted by molar-refractivity contribution is 0.408. The molecule has 0 saturated carbocycles. The van der Waals surface area contributed by atoms with Gasteiger partial charge in [-0.05, 0) is 12.5 Å². The maximum atomic E-state index is 11.7. The number of unbranched alkanes of at least 4 members (excludes halogenated alkanes) is 1. The largest absolute Gasteiger partial charge is 0.496 e. The highest BCUT2D eigenvalue weighted by molar-refractivity contribution is 7.89. The SMILES string of the molecule is CCCCNS(=O)(=O)CCNCc1ccccc1OC. The van der Waals surface area contributed by atoms with Crippen molar-refractivity contribution in [2.45, 2.75) is 26.3 Å². The molecule has 20 heavy (non-hydrogen) atoms. The molecule has 1 aromatic carbocycles. The molecule has 0 atom stereocenters. The van der Waals surface area contributed by atoms with Crippen molar-refractivity contribution >= 4 is 10.0 Å². The van der Waals surface area contributed by atoms with E-state index < -0.39 is 10.0 Å². The molecule has 0 aliphatic rings. The molecule has 2 N–H and O–H groups in total. The van der Waals surface area contributed by atoms with Gasteiger partial charge in [0, 0.05) is 25.2 Å². The number of benzene rings is 1. The topological polar surface area (TPSA) is 67.4 Å². The van der Waals surface area contributed by atoms with Crippen molar-refractivity contribution in [3.63, 3.8) is 0 Å². The van der Waals surface area contributed by atoms with E-state index in [4.69, 9.17) is 4.74 Å². The summed E-state index contributed by atoms with van der Waals surface area (Å²) in [5.74, 6) is 0.898. The molecule has 0 amide bonds. The van der Waals surface area contributed by atoms with Crippen LogP contribution >= 0.6 is 0 Å². The molecule has 0 saturated heterocycles. The van der Waals surface area contributed by atoms with E-state index in [0.717, 1.165) is 24.2 Å². The lowest BCUT2D eigenvalue weighted by Gasteiger charge is -2.10. The van der Waals surface area contributed by atoms with Crippen LogP contribution in [0.2, 0.25) is 0 Å². The lowest BCUT2D eigenvalue weighted by Crippen LogP contribution is -2.32. The standard InChI is InChI=1S/C14H24N2O3S/c1-3-4-9-16-20(17,18)11-10-15-12-13-7-5-6-8-14(13)19-2/h5-8,15-16H,3-4,9-12H2,1-2H3. The van der Waals surface area contributed by atoms with Crippen molar-refractivity contribution in [3.8, 4) is 5.75 Å². The van der Waals surface area contributed by atoms with Crippen molar-refractivity contribution in [1.82, 2.24) is 10.0 Å². The van der Waals surface area contributed by atoms with Crippen LogP contribution in [0.3, 0.4) is 0 Å². The fraction of sp³-hybridized carbons (Fsp3) is 0.571. The number of methoxy groups -OCH3 is 1. The number of ether oxygens (including phenoxy) is 1. The molecule has 0 aliphatic heterocycles. The first-order valence-corrected chi connectivity index (χ1v) is 8.54. The fourth-order valence-electron chi connectivity index (χ4n) is 1.76. The molecular formula is C14H24N2O3S. The first kappa shape index (κ1) is 16.9. The third-order valence-electron chi connectivity index (χ3n) is 2.91. The minimum atomic E-state index is -3.17. The van der Waals surface area contributed by atoms with Gasteiger partial charge in [-0.15, -0.1) is 0 Å². The third kappa shape index (κ3) is 6.36. The molecular weight excluding hydrogens is 276 g/mol. The average molecular weight is 300 g/mol. The summed E-state index contributed by atoms with van der Waals surface area (Å²) >= 11 is 0. The summed E-state index contributed by atoms with van der Waals surface area (Å²) in [6, 6.07) is 7.69. The average Bonchev–Trinajstić information content (AvgIpc) is 2.44. The summed E-state index contributed by atoms with van der Waals surface area (Å²) in [6.07, 6.45) is 1.85. The molecule has 1 aromatic rings. The molecule has 0 radical (unpaired) electrons. The van der Waals surface area contributed by atoms with Gasteiger partial charge in [-0.25, -0.2) is 13.1 Å². The van der Waals surface area contributed by atoms with E-state index in [1.807, 2.05) is 31.2 Å². The maximum Gasteiger partial charge on any atom is 0.212 e. The summed E-state index contributed by atoms with van der Waals surface area (Å²) in [6.45, 7) is 3.56. The highest BCUT2D eigenvalue weighted by Gasteiger charge is 2.08. The molecule has 6 heteroatoms. The second-order valence-electron chi connectivity index (χ2n) is 4.56. The lowest BCUT2D eigenvalue weighted by atomic mass is 10.2. The third-order valence-corrected chi connectivity index (χ3v) is 4.29. The minimum absolute atomic E-state index is 0.0892. The van der Waals surface area contributed by atoms with E-state index in [2.05, 4.69) is 10.0 Å². The number of sulfonamides is 1. The van der Waals surface area contributed by atoms with Crippen molar-refractivity contribution in [2.75, 3.05) is 26.0 Å². The predicted molar refractivity (Wildman–Crippen MR) is 81.4 cm³/mol. The van der Waals surface area contributed by atoms with Crippen LogP contribution in [0.15, 0.2) is 24.3 Å². The van der Waals surface area contributed by atoms with Crippen LogP contribution in [0, 0.1) is 0 Å². The normalized spacial score (nSPS) is 11.5. The number of para-hydroxylation sites is 1. The summed E-state index contributed by atoms with van der Waals surface area (Å²) in [5, 5.41) is 3.12. The second kappa shape index (κ2) is 8.94. The van der Waals surface area contributed by atoms with E-state index in [1.54, 1.807) is 7.11 Å². The molecule has 0 heterocycles. The molecule has 0 bridgehead atoms. The van der Waals surface area contributed by atoms with E-state index in [0.29, 0.717) is 19.6 Å². The summed E-state index contributed by atoms with van der Waals surface area (Å²) in [7, 11) is -1.54. The second-order valence-corrected chi connectivity index (χ2v) is 6.48. The smallest absolute Gasteiger partial charge is 0.212 e. The fourth-order valence-corrected chi connectivity index (χ4v) is 2.77. The first-order valence-electron chi connectivity index (χ1n) is 6.89. The van der Waals surface area contributed by atoms with Crippen LogP contribution in [0.1, 0.15) is 25.3 Å². The highest BCUT2D eigenvalue weighted by atomic mass is 32.2. The van der Waals surface area contributed by atoms with Crippen LogP contribution in [-0.2, 0) is 16.6 Å². The Kier molecular flexibility index (Phi) is 7.58. The van der Waals surface area contributed by atoms with Crippen molar-refractivity contribution in [3.05, 3.63) is 29.8 Å². The van der Waals surface area contributed by atoms with Gasteiger partial charge in [-0.1, -0.05) is 31.5 Å². The monoisotopic (exact) mass is 300 g/mol. The summed E-state index contributed by atoms with van der Waals surface area (Å²) in [4.78, 5) is 0. The Balaban J connectivity index is 2.31.